The molecule has 0 spiro atoms. The van der Waals surface area contributed by atoms with Crippen LogP contribution in [0.15, 0.2) is 48.5 Å². The van der Waals surface area contributed by atoms with Crippen LogP contribution in [0.1, 0.15) is 22.7 Å². The molecule has 0 saturated heterocycles. The molecule has 0 heterocycles. The second kappa shape index (κ2) is 6.46. The summed E-state index contributed by atoms with van der Waals surface area (Å²) in [4.78, 5) is 0. The molecular formula is C16H15ClO3. The number of methoxy groups -OCH3 is 1. The van der Waals surface area contributed by atoms with Crippen LogP contribution >= 0.6 is 11.6 Å². The molecular weight excluding hydrogens is 276 g/mol. The molecule has 104 valence electrons. The number of benzene rings is 2. The van der Waals surface area contributed by atoms with Gasteiger partial charge in [-0.2, -0.15) is 0 Å². The van der Waals surface area contributed by atoms with E-state index in [4.69, 9.17) is 21.8 Å². The van der Waals surface area contributed by atoms with Gasteiger partial charge in [-0.05, 0) is 24.3 Å². The molecule has 0 aromatic heterocycles. The van der Waals surface area contributed by atoms with E-state index in [0.717, 1.165) is 0 Å². The molecule has 20 heavy (non-hydrogen) atoms. The van der Waals surface area contributed by atoms with Gasteiger partial charge in [-0.3, -0.25) is 0 Å². The Balaban J connectivity index is 2.38. The van der Waals surface area contributed by atoms with E-state index in [-0.39, 0.29) is 33.7 Å². The van der Waals surface area contributed by atoms with Crippen LogP contribution in [0.2, 0.25) is 5.02 Å². The fraction of sp³-hybridized carbons (Fsp3) is 0.125. The van der Waals surface area contributed by atoms with Crippen molar-refractivity contribution < 1.29 is 20.4 Å². The third-order valence-electron chi connectivity index (χ3n) is 2.71. The monoisotopic (exact) mass is 294 g/mol. The highest BCUT2D eigenvalue weighted by atomic mass is 35.5. The number of aliphatic hydroxyl groups excluding tert-OH is 1. The molecule has 0 aliphatic carbocycles. The minimum Gasteiger partial charge on any atom is -0.508 e. The number of phenols is 1. The normalized spacial score (nSPS) is 16.6. The number of rotatable bonds is 4. The first kappa shape index (κ1) is 9.86. The maximum Gasteiger partial charge on any atom is 0.127 e. The number of ether oxygens (including phenoxy) is 1. The Morgan fingerprint density at radius 2 is 2.15 bits per heavy atom. The van der Waals surface area contributed by atoms with Gasteiger partial charge in [0.15, 0.2) is 0 Å². The third-order valence-corrected chi connectivity index (χ3v) is 2.94. The molecule has 2 rings (SSSR count). The summed E-state index contributed by atoms with van der Waals surface area (Å²) in [5.74, 6) is -0.197. The zero-order valence-electron chi connectivity index (χ0n) is 14.4. The first-order valence-corrected chi connectivity index (χ1v) is 6.18. The Hall–Kier alpha value is -1.97. The van der Waals surface area contributed by atoms with Gasteiger partial charge in [-0.1, -0.05) is 41.9 Å². The number of aliphatic hydroxyl groups is 1. The summed E-state index contributed by atoms with van der Waals surface area (Å²) >= 11 is 5.85. The highest BCUT2D eigenvalue weighted by Gasteiger charge is 2.08. The summed E-state index contributed by atoms with van der Waals surface area (Å²) in [6, 6.07) is 10.2. The van der Waals surface area contributed by atoms with Gasteiger partial charge in [0.25, 0.3) is 0 Å². The SMILES string of the molecule is [2H]C(=CC(O)c1ccccc1O)c1ccc(Cl)cc1OC([2H])([2H])[2H]. The van der Waals surface area contributed by atoms with Crippen LogP contribution in [0.4, 0.5) is 0 Å². The standard InChI is InChI=1S/C16H15ClO3/c1-20-16-10-12(17)8-6-11(16)7-9-15(19)13-4-2-3-5-14(13)18/h2-10,15,18-19H,1H3/i1D3,7D. The predicted octanol–water partition coefficient (Wildman–Crippen LogP) is 3.80. The molecule has 1 atom stereocenters. The second-order valence-electron chi connectivity index (χ2n) is 4.06. The minimum absolute atomic E-state index is 0.0896. The fourth-order valence-electron chi connectivity index (χ4n) is 1.70. The van der Waals surface area contributed by atoms with Crippen molar-refractivity contribution in [1.29, 1.82) is 0 Å². The van der Waals surface area contributed by atoms with Crippen LogP contribution in [0, 0.1) is 0 Å². The smallest absolute Gasteiger partial charge is 0.127 e. The van der Waals surface area contributed by atoms with Gasteiger partial charge in [0.1, 0.15) is 17.6 Å². The van der Waals surface area contributed by atoms with Gasteiger partial charge < -0.3 is 14.9 Å². The Labute approximate surface area is 128 Å². The molecule has 2 aromatic carbocycles. The summed E-state index contributed by atoms with van der Waals surface area (Å²) in [6.45, 7) is 0. The van der Waals surface area contributed by atoms with Crippen molar-refractivity contribution in [1.82, 2.24) is 0 Å². The van der Waals surface area contributed by atoms with Crippen molar-refractivity contribution in [3.05, 3.63) is 64.7 Å². The highest BCUT2D eigenvalue weighted by molar-refractivity contribution is 6.30. The van der Waals surface area contributed by atoms with Gasteiger partial charge in [-0.15, -0.1) is 0 Å². The number of hydrogen-bond acceptors (Lipinski definition) is 3. The first-order chi connectivity index (χ1) is 11.2. The van der Waals surface area contributed by atoms with E-state index in [1.807, 2.05) is 0 Å². The topological polar surface area (TPSA) is 49.7 Å². The molecule has 0 aliphatic heterocycles. The zero-order valence-corrected chi connectivity index (χ0v) is 11.1. The molecule has 3 nitrogen and oxygen atoms in total. The van der Waals surface area contributed by atoms with Gasteiger partial charge in [-0.25, -0.2) is 0 Å². The quantitative estimate of drug-likeness (QED) is 0.902. The molecule has 0 aliphatic rings. The van der Waals surface area contributed by atoms with Crippen LogP contribution in [0.5, 0.6) is 11.5 Å². The average molecular weight is 295 g/mol. The Bertz CT molecular complexity index is 759. The Kier molecular flexibility index (Phi) is 3.18. The zero-order chi connectivity index (χ0) is 17.9. The van der Waals surface area contributed by atoms with Crippen molar-refractivity contribution in [3.8, 4) is 11.5 Å². The number of para-hydroxylation sites is 1. The van der Waals surface area contributed by atoms with Gasteiger partial charge in [0.05, 0.1) is 12.5 Å². The lowest BCUT2D eigenvalue weighted by molar-refractivity contribution is 0.224. The lowest BCUT2D eigenvalue weighted by Crippen LogP contribution is -1.93. The van der Waals surface area contributed by atoms with E-state index in [9.17, 15) is 10.2 Å². The van der Waals surface area contributed by atoms with Crippen molar-refractivity contribution in [2.45, 2.75) is 6.10 Å². The minimum atomic E-state index is -2.70. The molecule has 1 unspecified atom stereocenters. The van der Waals surface area contributed by atoms with E-state index in [0.29, 0.717) is 0 Å². The van der Waals surface area contributed by atoms with Crippen molar-refractivity contribution in [2.75, 3.05) is 7.04 Å². The van der Waals surface area contributed by atoms with Crippen LogP contribution in [-0.2, 0) is 0 Å². The molecule has 0 bridgehead atoms. The average Bonchev–Trinajstić information content (AvgIpc) is 2.45. The van der Waals surface area contributed by atoms with E-state index in [2.05, 4.69) is 0 Å². The molecule has 0 fully saturated rings. The third kappa shape index (κ3) is 3.32. The Morgan fingerprint density at radius 3 is 2.90 bits per heavy atom. The molecule has 2 aromatic rings. The Morgan fingerprint density at radius 1 is 1.35 bits per heavy atom. The van der Waals surface area contributed by atoms with Gasteiger partial charge in [0, 0.05) is 16.1 Å². The van der Waals surface area contributed by atoms with Crippen molar-refractivity contribution in [2.24, 2.45) is 0 Å². The molecule has 4 heteroatoms. The maximum atomic E-state index is 10.2. The number of phenolic OH excluding ortho intramolecular Hbond substituents is 1. The molecule has 0 radical (unpaired) electrons. The van der Waals surface area contributed by atoms with Crippen LogP contribution in [-0.4, -0.2) is 17.3 Å². The fourth-order valence-corrected chi connectivity index (χ4v) is 1.86. The summed E-state index contributed by atoms with van der Waals surface area (Å²) in [5.41, 5.74) is 0.388. The van der Waals surface area contributed by atoms with Gasteiger partial charge in [0.2, 0.25) is 0 Å². The lowest BCUT2D eigenvalue weighted by Gasteiger charge is -2.09. The largest absolute Gasteiger partial charge is 0.508 e. The van der Waals surface area contributed by atoms with Crippen LogP contribution in [0.3, 0.4) is 0 Å². The maximum absolute atomic E-state index is 10.2. The number of halogens is 1. The highest BCUT2D eigenvalue weighted by Crippen LogP contribution is 2.28. The number of hydrogen-bond donors (Lipinski definition) is 2. The molecule has 0 amide bonds. The van der Waals surface area contributed by atoms with E-state index < -0.39 is 13.1 Å². The van der Waals surface area contributed by atoms with Gasteiger partial charge >= 0.3 is 0 Å². The van der Waals surface area contributed by atoms with E-state index in [1.54, 1.807) is 12.1 Å². The first-order valence-electron chi connectivity index (χ1n) is 7.81. The lowest BCUT2D eigenvalue weighted by atomic mass is 10.1. The summed E-state index contributed by atoms with van der Waals surface area (Å²) in [7, 11) is -2.70. The molecule has 0 saturated carbocycles. The second-order valence-corrected chi connectivity index (χ2v) is 4.49. The van der Waals surface area contributed by atoms with E-state index in [1.165, 1.54) is 36.4 Å². The van der Waals surface area contributed by atoms with Crippen LogP contribution in [0.25, 0.3) is 6.05 Å². The number of aromatic hydroxyl groups is 1. The summed E-state index contributed by atoms with van der Waals surface area (Å²) < 4.78 is 34.5. The van der Waals surface area contributed by atoms with Crippen molar-refractivity contribution in [3.63, 3.8) is 0 Å². The van der Waals surface area contributed by atoms with Crippen LogP contribution < -0.4 is 4.74 Å². The predicted molar refractivity (Wildman–Crippen MR) is 80.1 cm³/mol. The summed E-state index contributed by atoms with van der Waals surface area (Å²) in [5, 5.41) is 20.2. The summed E-state index contributed by atoms with van der Waals surface area (Å²) in [6.07, 6.45) is -0.0695. The molecule has 2 N–H and O–H groups in total. The van der Waals surface area contributed by atoms with Crippen molar-refractivity contribution >= 4 is 17.7 Å². The van der Waals surface area contributed by atoms with E-state index >= 15 is 0 Å².